The van der Waals surface area contributed by atoms with E-state index >= 15 is 0 Å². The van der Waals surface area contributed by atoms with E-state index in [2.05, 4.69) is 57.4 Å². The Kier molecular flexibility index (Phi) is 8.16. The lowest BCUT2D eigenvalue weighted by atomic mass is 9.97. The molecule has 0 atom stereocenters. The minimum Gasteiger partial charge on any atom is -0.357 e. The van der Waals surface area contributed by atoms with Crippen molar-refractivity contribution in [3.8, 4) is 0 Å². The van der Waals surface area contributed by atoms with Gasteiger partial charge >= 0.3 is 0 Å². The van der Waals surface area contributed by atoms with Gasteiger partial charge in [-0.15, -0.1) is 0 Å². The second kappa shape index (κ2) is 11.3. The number of hydrogen-bond acceptors (Lipinski definition) is 2. The van der Waals surface area contributed by atoms with E-state index in [1.807, 2.05) is 18.5 Å². The molecule has 0 unspecified atom stereocenters. The molecule has 2 aromatic rings. The summed E-state index contributed by atoms with van der Waals surface area (Å²) in [5.41, 5.74) is 2.88. The van der Waals surface area contributed by atoms with Crippen LogP contribution in [-0.4, -0.2) is 35.1 Å². The van der Waals surface area contributed by atoms with E-state index in [9.17, 15) is 0 Å². The second-order valence-corrected chi connectivity index (χ2v) is 7.25. The van der Waals surface area contributed by atoms with Gasteiger partial charge in [0.2, 0.25) is 0 Å². The summed E-state index contributed by atoms with van der Waals surface area (Å²) in [6.45, 7) is 5.50. The molecular formula is C23H33N5. The van der Waals surface area contributed by atoms with Crippen molar-refractivity contribution in [2.75, 3.05) is 19.6 Å². The molecule has 5 nitrogen and oxygen atoms in total. The number of imidazole rings is 1. The highest BCUT2D eigenvalue weighted by molar-refractivity contribution is 5.79. The van der Waals surface area contributed by atoms with Gasteiger partial charge in [0.1, 0.15) is 5.82 Å². The maximum Gasteiger partial charge on any atom is 0.191 e. The van der Waals surface area contributed by atoms with Crippen LogP contribution in [-0.2, 0) is 13.0 Å². The smallest absolute Gasteiger partial charge is 0.191 e. The normalized spacial score (nSPS) is 14.6. The van der Waals surface area contributed by atoms with E-state index in [-0.39, 0.29) is 0 Å². The number of aromatic nitrogens is 2. The summed E-state index contributed by atoms with van der Waals surface area (Å²) >= 11 is 0. The van der Waals surface area contributed by atoms with Crippen LogP contribution in [0.1, 0.15) is 50.4 Å². The SMILES string of the molecule is CCNC(=NCCc1nccn1Cc1ccccc1)NCCC1=CCCCC1. The van der Waals surface area contributed by atoms with Crippen molar-refractivity contribution in [3.63, 3.8) is 0 Å². The maximum absolute atomic E-state index is 4.74. The lowest BCUT2D eigenvalue weighted by Crippen LogP contribution is -2.38. The minimum atomic E-state index is 0.726. The van der Waals surface area contributed by atoms with Crippen LogP contribution in [0.5, 0.6) is 0 Å². The van der Waals surface area contributed by atoms with Gasteiger partial charge in [0, 0.05) is 45.0 Å². The third kappa shape index (κ3) is 6.55. The number of rotatable bonds is 9. The molecule has 2 N–H and O–H groups in total. The van der Waals surface area contributed by atoms with E-state index in [1.54, 1.807) is 5.57 Å². The molecule has 1 aromatic carbocycles. The van der Waals surface area contributed by atoms with Crippen LogP contribution >= 0.6 is 0 Å². The number of allylic oxidation sites excluding steroid dienone is 1. The third-order valence-electron chi connectivity index (χ3n) is 5.07. The lowest BCUT2D eigenvalue weighted by Gasteiger charge is -2.15. The van der Waals surface area contributed by atoms with Crippen molar-refractivity contribution in [1.82, 2.24) is 20.2 Å². The average Bonchev–Trinajstić information content (AvgIpc) is 3.16. The molecule has 0 amide bonds. The molecule has 0 saturated heterocycles. The Hall–Kier alpha value is -2.56. The van der Waals surface area contributed by atoms with Gasteiger partial charge in [-0.05, 0) is 44.6 Å². The molecule has 0 spiro atoms. The van der Waals surface area contributed by atoms with Crippen LogP contribution in [0, 0.1) is 0 Å². The Morgan fingerprint density at radius 2 is 2.04 bits per heavy atom. The molecule has 3 rings (SSSR count). The maximum atomic E-state index is 4.74. The summed E-state index contributed by atoms with van der Waals surface area (Å²) < 4.78 is 2.21. The molecule has 1 heterocycles. The zero-order valence-corrected chi connectivity index (χ0v) is 17.0. The van der Waals surface area contributed by atoms with Crippen molar-refractivity contribution >= 4 is 5.96 Å². The van der Waals surface area contributed by atoms with Crippen molar-refractivity contribution < 1.29 is 0 Å². The fourth-order valence-corrected chi connectivity index (χ4v) is 3.57. The average molecular weight is 380 g/mol. The Morgan fingerprint density at radius 1 is 1.14 bits per heavy atom. The van der Waals surface area contributed by atoms with Crippen molar-refractivity contribution in [2.24, 2.45) is 4.99 Å². The number of benzene rings is 1. The molecule has 0 fully saturated rings. The molecule has 5 heteroatoms. The highest BCUT2D eigenvalue weighted by atomic mass is 15.2. The number of nitrogens with zero attached hydrogens (tertiary/aromatic N) is 3. The van der Waals surface area contributed by atoms with Gasteiger partial charge in [-0.3, -0.25) is 4.99 Å². The number of aliphatic imine (C=N–C) groups is 1. The summed E-state index contributed by atoms with van der Waals surface area (Å²) in [7, 11) is 0. The summed E-state index contributed by atoms with van der Waals surface area (Å²) in [6, 6.07) is 10.5. The molecule has 150 valence electrons. The van der Waals surface area contributed by atoms with Crippen molar-refractivity contribution in [3.05, 3.63) is 65.8 Å². The predicted molar refractivity (Wildman–Crippen MR) is 117 cm³/mol. The summed E-state index contributed by atoms with van der Waals surface area (Å²) in [4.78, 5) is 9.26. The number of hydrogen-bond donors (Lipinski definition) is 2. The van der Waals surface area contributed by atoms with Crippen LogP contribution in [0.15, 0.2) is 59.4 Å². The van der Waals surface area contributed by atoms with Crippen molar-refractivity contribution in [1.29, 1.82) is 0 Å². The molecule has 1 aromatic heterocycles. The zero-order chi connectivity index (χ0) is 19.4. The molecule has 28 heavy (non-hydrogen) atoms. The highest BCUT2D eigenvalue weighted by Crippen LogP contribution is 2.19. The van der Waals surface area contributed by atoms with Crippen LogP contribution in [0.4, 0.5) is 0 Å². The van der Waals surface area contributed by atoms with E-state index in [0.29, 0.717) is 0 Å². The molecule has 1 aliphatic rings. The van der Waals surface area contributed by atoms with Crippen LogP contribution in [0.2, 0.25) is 0 Å². The van der Waals surface area contributed by atoms with Gasteiger partial charge in [0.15, 0.2) is 5.96 Å². The minimum absolute atomic E-state index is 0.726. The number of nitrogens with one attached hydrogen (secondary N) is 2. The van der Waals surface area contributed by atoms with Crippen LogP contribution in [0.25, 0.3) is 0 Å². The van der Waals surface area contributed by atoms with Gasteiger partial charge < -0.3 is 15.2 Å². The van der Waals surface area contributed by atoms with Gasteiger partial charge in [-0.25, -0.2) is 4.98 Å². The Balaban J connectivity index is 1.48. The van der Waals surface area contributed by atoms with Crippen molar-refractivity contribution in [2.45, 2.75) is 52.0 Å². The first-order valence-electron chi connectivity index (χ1n) is 10.6. The Bertz CT molecular complexity index is 760. The predicted octanol–water partition coefficient (Wildman–Crippen LogP) is 3.92. The third-order valence-corrected chi connectivity index (χ3v) is 5.07. The van der Waals surface area contributed by atoms with E-state index in [0.717, 1.165) is 50.8 Å². The largest absolute Gasteiger partial charge is 0.357 e. The van der Waals surface area contributed by atoms with Gasteiger partial charge in [0.25, 0.3) is 0 Å². The first-order valence-corrected chi connectivity index (χ1v) is 10.6. The summed E-state index contributed by atoms with van der Waals surface area (Å²) in [5.74, 6) is 1.98. The van der Waals surface area contributed by atoms with E-state index in [1.165, 1.54) is 31.2 Å². The van der Waals surface area contributed by atoms with E-state index < -0.39 is 0 Å². The Morgan fingerprint density at radius 3 is 2.82 bits per heavy atom. The molecular weight excluding hydrogens is 346 g/mol. The van der Waals surface area contributed by atoms with Gasteiger partial charge in [0.05, 0.1) is 0 Å². The first kappa shape index (κ1) is 20.2. The number of guanidine groups is 1. The fraction of sp³-hybridized carbons (Fsp3) is 0.478. The second-order valence-electron chi connectivity index (χ2n) is 7.25. The van der Waals surface area contributed by atoms with Gasteiger partial charge in [-0.1, -0.05) is 42.0 Å². The topological polar surface area (TPSA) is 54.2 Å². The highest BCUT2D eigenvalue weighted by Gasteiger charge is 2.06. The molecule has 0 radical (unpaired) electrons. The molecule has 0 bridgehead atoms. The monoisotopic (exact) mass is 379 g/mol. The fourth-order valence-electron chi connectivity index (χ4n) is 3.57. The first-order chi connectivity index (χ1) is 13.8. The summed E-state index contributed by atoms with van der Waals surface area (Å²) in [5, 5.41) is 6.82. The van der Waals surface area contributed by atoms with E-state index in [4.69, 9.17) is 4.99 Å². The molecule has 0 saturated carbocycles. The van der Waals surface area contributed by atoms with Gasteiger partial charge in [-0.2, -0.15) is 0 Å². The molecule has 1 aliphatic carbocycles. The van der Waals surface area contributed by atoms with Crippen LogP contribution in [0.3, 0.4) is 0 Å². The zero-order valence-electron chi connectivity index (χ0n) is 17.0. The summed E-state index contributed by atoms with van der Waals surface area (Å²) in [6.07, 6.45) is 13.5. The Labute approximate surface area is 169 Å². The molecule has 0 aliphatic heterocycles. The standard InChI is InChI=1S/C23H33N5/c1-2-24-23(26-15-13-20-9-5-3-6-10-20)27-16-14-22-25-17-18-28(22)19-21-11-7-4-8-12-21/h4,7-9,11-12,17-18H,2-3,5-6,10,13-16,19H2,1H3,(H2,24,26,27). The lowest BCUT2D eigenvalue weighted by molar-refractivity contribution is 0.665. The quantitative estimate of drug-likeness (QED) is 0.394. The van der Waals surface area contributed by atoms with Crippen LogP contribution < -0.4 is 10.6 Å².